The van der Waals surface area contributed by atoms with Crippen LogP contribution in [0.25, 0.3) is 0 Å². The lowest BCUT2D eigenvalue weighted by atomic mass is 9.95. The van der Waals surface area contributed by atoms with E-state index in [9.17, 15) is 9.59 Å². The smallest absolute Gasteiger partial charge is 0.253 e. The van der Waals surface area contributed by atoms with Gasteiger partial charge >= 0.3 is 0 Å². The van der Waals surface area contributed by atoms with Gasteiger partial charge in [-0.3, -0.25) is 14.5 Å². The molecule has 1 aromatic heterocycles. The number of hydrogen-bond acceptors (Lipinski definition) is 5. The Morgan fingerprint density at radius 3 is 2.43 bits per heavy atom. The van der Waals surface area contributed by atoms with Crippen molar-refractivity contribution in [3.8, 4) is 0 Å². The first-order valence-corrected chi connectivity index (χ1v) is 10.7. The van der Waals surface area contributed by atoms with Gasteiger partial charge in [0.25, 0.3) is 5.91 Å². The molecular formula is C23H32N4O3. The SMILES string of the molecule is CCN(Cc1ccc(C(=O)N2CCC(C(=O)Nc3cc(C)on3)CC2)cc1)C(C)C. The van der Waals surface area contributed by atoms with E-state index in [2.05, 4.69) is 36.1 Å². The first-order valence-electron chi connectivity index (χ1n) is 10.7. The van der Waals surface area contributed by atoms with Gasteiger partial charge < -0.3 is 14.7 Å². The molecule has 1 aromatic carbocycles. The van der Waals surface area contributed by atoms with Crippen LogP contribution in [-0.2, 0) is 11.3 Å². The Kier molecular flexibility index (Phi) is 7.26. The average Bonchev–Trinajstić information content (AvgIpc) is 3.16. The highest BCUT2D eigenvalue weighted by molar-refractivity contribution is 5.95. The highest BCUT2D eigenvalue weighted by Gasteiger charge is 2.28. The Hall–Kier alpha value is -2.67. The number of aromatic nitrogens is 1. The zero-order valence-electron chi connectivity index (χ0n) is 18.4. The van der Waals surface area contributed by atoms with Crippen molar-refractivity contribution in [2.24, 2.45) is 5.92 Å². The summed E-state index contributed by atoms with van der Waals surface area (Å²) in [5.74, 6) is 0.942. The van der Waals surface area contributed by atoms with Gasteiger partial charge in [0, 0.05) is 43.2 Å². The summed E-state index contributed by atoms with van der Waals surface area (Å²) in [4.78, 5) is 29.5. The largest absolute Gasteiger partial charge is 0.360 e. The number of hydrogen-bond donors (Lipinski definition) is 1. The minimum absolute atomic E-state index is 0.0312. The fourth-order valence-electron chi connectivity index (χ4n) is 3.83. The molecule has 0 bridgehead atoms. The van der Waals surface area contributed by atoms with E-state index in [0.717, 1.165) is 13.1 Å². The van der Waals surface area contributed by atoms with Crippen molar-refractivity contribution in [2.45, 2.75) is 53.1 Å². The molecule has 2 amide bonds. The van der Waals surface area contributed by atoms with Crippen molar-refractivity contribution >= 4 is 17.6 Å². The van der Waals surface area contributed by atoms with Crippen LogP contribution in [0.4, 0.5) is 5.82 Å². The summed E-state index contributed by atoms with van der Waals surface area (Å²) in [6, 6.07) is 10.1. The van der Waals surface area contributed by atoms with E-state index in [4.69, 9.17) is 4.52 Å². The van der Waals surface area contributed by atoms with Crippen LogP contribution in [-0.4, -0.2) is 52.4 Å². The molecule has 0 atom stereocenters. The number of carbonyl (C=O) groups is 2. The lowest BCUT2D eigenvalue weighted by Gasteiger charge is -2.31. The average molecular weight is 413 g/mol. The van der Waals surface area contributed by atoms with Crippen LogP contribution in [0.2, 0.25) is 0 Å². The third-order valence-corrected chi connectivity index (χ3v) is 5.76. The summed E-state index contributed by atoms with van der Waals surface area (Å²) < 4.78 is 4.98. The van der Waals surface area contributed by atoms with Crippen LogP contribution in [0, 0.1) is 12.8 Å². The third kappa shape index (κ3) is 5.48. The molecule has 162 valence electrons. The maximum absolute atomic E-state index is 12.9. The third-order valence-electron chi connectivity index (χ3n) is 5.76. The van der Waals surface area contributed by atoms with E-state index in [-0.39, 0.29) is 17.7 Å². The van der Waals surface area contributed by atoms with Crippen LogP contribution in [0.15, 0.2) is 34.9 Å². The predicted octanol–water partition coefficient (Wildman–Crippen LogP) is 3.70. The zero-order chi connectivity index (χ0) is 21.7. The van der Waals surface area contributed by atoms with E-state index in [0.29, 0.717) is 49.1 Å². The quantitative estimate of drug-likeness (QED) is 0.750. The van der Waals surface area contributed by atoms with E-state index >= 15 is 0 Å². The van der Waals surface area contributed by atoms with Gasteiger partial charge in [0.2, 0.25) is 5.91 Å². The lowest BCUT2D eigenvalue weighted by Crippen LogP contribution is -2.41. The van der Waals surface area contributed by atoms with E-state index in [1.54, 1.807) is 13.0 Å². The molecule has 0 saturated carbocycles. The lowest BCUT2D eigenvalue weighted by molar-refractivity contribution is -0.121. The second kappa shape index (κ2) is 9.89. The second-order valence-electron chi connectivity index (χ2n) is 8.23. The number of aryl methyl sites for hydroxylation is 1. The number of nitrogens with one attached hydrogen (secondary N) is 1. The maximum Gasteiger partial charge on any atom is 0.253 e. The number of benzene rings is 1. The summed E-state index contributed by atoms with van der Waals surface area (Å²) >= 11 is 0. The summed E-state index contributed by atoms with van der Waals surface area (Å²) in [5.41, 5.74) is 1.91. The molecule has 30 heavy (non-hydrogen) atoms. The highest BCUT2D eigenvalue weighted by atomic mass is 16.5. The van der Waals surface area contributed by atoms with Crippen molar-refractivity contribution in [3.63, 3.8) is 0 Å². The van der Waals surface area contributed by atoms with E-state index in [1.807, 2.05) is 29.2 Å². The van der Waals surface area contributed by atoms with Crippen LogP contribution in [0.3, 0.4) is 0 Å². The highest BCUT2D eigenvalue weighted by Crippen LogP contribution is 2.21. The Balaban J connectivity index is 1.51. The molecule has 7 heteroatoms. The molecule has 3 rings (SSSR count). The normalized spacial score (nSPS) is 15.1. The number of amides is 2. The molecule has 1 aliphatic heterocycles. The fraction of sp³-hybridized carbons (Fsp3) is 0.522. The number of rotatable bonds is 7. The molecular weight excluding hydrogens is 380 g/mol. The van der Waals surface area contributed by atoms with Gasteiger partial charge in [-0.2, -0.15) is 0 Å². The molecule has 1 aliphatic rings. The predicted molar refractivity (Wildman–Crippen MR) is 116 cm³/mol. The van der Waals surface area contributed by atoms with Crippen molar-refractivity contribution in [1.82, 2.24) is 15.0 Å². The molecule has 0 radical (unpaired) electrons. The minimum Gasteiger partial charge on any atom is -0.360 e. The standard InChI is InChI=1S/C23H32N4O3/c1-5-26(16(2)3)15-18-6-8-20(9-7-18)23(29)27-12-10-19(11-13-27)22(28)24-21-14-17(4)30-25-21/h6-9,14,16,19H,5,10-13,15H2,1-4H3,(H,24,25,28). The van der Waals surface area contributed by atoms with E-state index < -0.39 is 0 Å². The summed E-state index contributed by atoms with van der Waals surface area (Å²) in [5, 5.41) is 6.59. The van der Waals surface area contributed by atoms with Gasteiger partial charge in [0.05, 0.1) is 0 Å². The fourth-order valence-corrected chi connectivity index (χ4v) is 3.83. The molecule has 1 N–H and O–H groups in total. The van der Waals surface area contributed by atoms with E-state index in [1.165, 1.54) is 5.56 Å². The Labute approximate surface area is 178 Å². The number of likely N-dealkylation sites (tertiary alicyclic amines) is 1. The molecule has 0 aliphatic carbocycles. The molecule has 2 aromatic rings. The van der Waals surface area contributed by atoms with Gasteiger partial charge in [-0.15, -0.1) is 0 Å². The molecule has 7 nitrogen and oxygen atoms in total. The first kappa shape index (κ1) is 22.0. The van der Waals surface area contributed by atoms with Gasteiger partial charge in [0.1, 0.15) is 5.76 Å². The summed E-state index contributed by atoms with van der Waals surface area (Å²) in [6.45, 7) is 11.4. The first-order chi connectivity index (χ1) is 14.4. The Morgan fingerprint density at radius 1 is 1.23 bits per heavy atom. The topological polar surface area (TPSA) is 78.7 Å². The van der Waals surface area contributed by atoms with Crippen LogP contribution < -0.4 is 5.32 Å². The second-order valence-corrected chi connectivity index (χ2v) is 8.23. The van der Waals surface area contributed by atoms with Gasteiger partial charge in [0.15, 0.2) is 5.82 Å². The number of piperidine rings is 1. The van der Waals surface area contributed by atoms with Gasteiger partial charge in [-0.25, -0.2) is 0 Å². The molecule has 2 heterocycles. The zero-order valence-corrected chi connectivity index (χ0v) is 18.4. The molecule has 1 saturated heterocycles. The monoisotopic (exact) mass is 412 g/mol. The number of anilines is 1. The number of nitrogens with zero attached hydrogens (tertiary/aromatic N) is 3. The molecule has 1 fully saturated rings. The minimum atomic E-state index is -0.121. The van der Waals surface area contributed by atoms with Crippen molar-refractivity contribution in [1.29, 1.82) is 0 Å². The summed E-state index contributed by atoms with van der Waals surface area (Å²) in [7, 11) is 0. The van der Waals surface area contributed by atoms with Crippen molar-refractivity contribution in [3.05, 3.63) is 47.2 Å². The Bertz CT molecular complexity index is 852. The Morgan fingerprint density at radius 2 is 1.90 bits per heavy atom. The maximum atomic E-state index is 12.9. The van der Waals surface area contributed by atoms with Crippen LogP contribution >= 0.6 is 0 Å². The van der Waals surface area contributed by atoms with Gasteiger partial charge in [-0.05, 0) is 57.9 Å². The van der Waals surface area contributed by atoms with Crippen LogP contribution in [0.5, 0.6) is 0 Å². The van der Waals surface area contributed by atoms with Crippen molar-refractivity contribution in [2.75, 3.05) is 25.0 Å². The van der Waals surface area contributed by atoms with Gasteiger partial charge in [-0.1, -0.05) is 24.2 Å². The molecule has 0 spiro atoms. The summed E-state index contributed by atoms with van der Waals surface area (Å²) in [6.07, 6.45) is 1.29. The number of carbonyl (C=O) groups excluding carboxylic acids is 2. The molecule has 0 unspecified atom stereocenters. The van der Waals surface area contributed by atoms with Crippen molar-refractivity contribution < 1.29 is 14.1 Å². The van der Waals surface area contributed by atoms with Crippen LogP contribution in [0.1, 0.15) is 55.3 Å².